The van der Waals surface area contributed by atoms with Gasteiger partial charge in [0.2, 0.25) is 0 Å². The van der Waals surface area contributed by atoms with Crippen molar-refractivity contribution in [1.29, 1.82) is 0 Å². The zero-order valence-electron chi connectivity index (χ0n) is 22.3. The van der Waals surface area contributed by atoms with Crippen LogP contribution in [0, 0.1) is 56.7 Å². The maximum atomic E-state index is 13.7. The molecule has 1 N–H and O–H groups in total. The van der Waals surface area contributed by atoms with Crippen LogP contribution in [0.3, 0.4) is 0 Å². The molecule has 5 rings (SSSR count). The van der Waals surface area contributed by atoms with Crippen LogP contribution in [-0.4, -0.2) is 16.5 Å². The van der Waals surface area contributed by atoms with E-state index in [0.717, 1.165) is 18.8 Å². The molecule has 5 fully saturated rings. The molecule has 5 aliphatic carbocycles. The first-order chi connectivity index (χ1) is 14.6. The highest BCUT2D eigenvalue weighted by molar-refractivity contribution is 5.86. The van der Waals surface area contributed by atoms with Crippen LogP contribution >= 0.6 is 0 Å². The van der Waals surface area contributed by atoms with Crippen molar-refractivity contribution < 1.29 is 9.90 Å². The van der Waals surface area contributed by atoms with Gasteiger partial charge in [-0.25, -0.2) is 0 Å². The normalized spacial score (nSPS) is 54.9. The molecule has 0 aromatic rings. The van der Waals surface area contributed by atoms with Crippen LogP contribution in [0.5, 0.6) is 0 Å². The van der Waals surface area contributed by atoms with Crippen LogP contribution in [0.15, 0.2) is 0 Å². The van der Waals surface area contributed by atoms with E-state index in [2.05, 4.69) is 41.5 Å². The molecule has 2 nitrogen and oxygen atoms in total. The van der Waals surface area contributed by atoms with Gasteiger partial charge in [-0.2, -0.15) is 0 Å². The van der Waals surface area contributed by atoms with E-state index in [9.17, 15) is 9.90 Å². The first-order valence-electron chi connectivity index (χ1n) is 13.9. The lowest BCUT2D eigenvalue weighted by molar-refractivity contribution is -0.237. The molecule has 0 aromatic heterocycles. The molecule has 0 spiro atoms. The first kappa shape index (κ1) is 23.4. The predicted molar refractivity (Wildman–Crippen MR) is 131 cm³/mol. The number of rotatable bonds is 1. The molecule has 32 heavy (non-hydrogen) atoms. The van der Waals surface area contributed by atoms with Gasteiger partial charge < -0.3 is 5.11 Å². The fourth-order valence-electron chi connectivity index (χ4n) is 11.7. The summed E-state index contributed by atoms with van der Waals surface area (Å²) in [7, 11) is 0. The van der Waals surface area contributed by atoms with Crippen LogP contribution in [-0.2, 0) is 4.79 Å². The predicted octanol–water partition coefficient (Wildman–Crippen LogP) is 7.43. The van der Waals surface area contributed by atoms with Crippen molar-refractivity contribution in [3.05, 3.63) is 0 Å². The third-order valence-corrected chi connectivity index (χ3v) is 13.5. The van der Waals surface area contributed by atoms with Crippen LogP contribution in [0.1, 0.15) is 120 Å². The number of hydrogen-bond acceptors (Lipinski definition) is 2. The van der Waals surface area contributed by atoms with Gasteiger partial charge >= 0.3 is 0 Å². The molecule has 5 saturated carbocycles. The Balaban J connectivity index is 1.54. The lowest BCUT2D eigenvalue weighted by Gasteiger charge is -2.72. The Kier molecular flexibility index (Phi) is 4.85. The van der Waals surface area contributed by atoms with Gasteiger partial charge in [0.1, 0.15) is 5.78 Å². The van der Waals surface area contributed by atoms with Crippen LogP contribution in [0.25, 0.3) is 0 Å². The minimum absolute atomic E-state index is 0.133. The highest BCUT2D eigenvalue weighted by Crippen LogP contribution is 2.77. The molecular weight excluding hydrogens is 392 g/mol. The molecule has 0 aromatic carbocycles. The number of hydrogen-bond donors (Lipinski definition) is 1. The molecule has 2 heteroatoms. The summed E-state index contributed by atoms with van der Waals surface area (Å²) in [6, 6.07) is 0. The van der Waals surface area contributed by atoms with E-state index in [0.29, 0.717) is 40.3 Å². The number of carbonyl (C=O) groups excluding carboxylic acids is 1. The van der Waals surface area contributed by atoms with Gasteiger partial charge in [0.15, 0.2) is 0 Å². The minimum Gasteiger partial charge on any atom is -0.390 e. The zero-order chi connectivity index (χ0) is 23.5. The molecule has 0 heterocycles. The van der Waals surface area contributed by atoms with Crippen molar-refractivity contribution >= 4 is 5.78 Å². The minimum atomic E-state index is -0.567. The molecular formula is C30H50O2. The molecule has 0 radical (unpaired) electrons. The quantitative estimate of drug-likeness (QED) is 0.458. The second-order valence-electron chi connectivity index (χ2n) is 15.3. The largest absolute Gasteiger partial charge is 0.390 e. The Morgan fingerprint density at radius 1 is 0.750 bits per heavy atom. The smallest absolute Gasteiger partial charge is 0.139 e. The number of carbonyl (C=O) groups is 1. The van der Waals surface area contributed by atoms with Crippen molar-refractivity contribution in [1.82, 2.24) is 0 Å². The van der Waals surface area contributed by atoms with Crippen LogP contribution < -0.4 is 0 Å². The van der Waals surface area contributed by atoms with Crippen LogP contribution in [0.2, 0.25) is 0 Å². The number of Topliss-reactive ketones (excluding diaryl/α,β-unsaturated/α-hetero) is 1. The van der Waals surface area contributed by atoms with E-state index in [1.54, 1.807) is 0 Å². The summed E-state index contributed by atoms with van der Waals surface area (Å²) in [6.45, 7) is 19.2. The molecule has 5 aliphatic rings. The number of aliphatic hydroxyl groups is 1. The molecule has 9 unspecified atom stereocenters. The SMILES string of the molecule is CC(C)(O)C1CCC2(C)C1CCC1(C)C2CCC2C3(C)C(=O)CCC(C)(C)C3CCC21C. The average Bonchev–Trinajstić information content (AvgIpc) is 3.03. The second-order valence-corrected chi connectivity index (χ2v) is 15.3. The summed E-state index contributed by atoms with van der Waals surface area (Å²) in [6.07, 6.45) is 11.9. The van der Waals surface area contributed by atoms with Gasteiger partial charge in [0.05, 0.1) is 5.60 Å². The highest BCUT2D eigenvalue weighted by Gasteiger charge is 2.72. The molecule has 0 saturated heterocycles. The fourth-order valence-corrected chi connectivity index (χ4v) is 11.7. The topological polar surface area (TPSA) is 37.3 Å². The summed E-state index contributed by atoms with van der Waals surface area (Å²) in [4.78, 5) is 13.7. The number of ketones is 1. The summed E-state index contributed by atoms with van der Waals surface area (Å²) in [5, 5.41) is 11.0. The summed E-state index contributed by atoms with van der Waals surface area (Å²) in [5.41, 5.74) is 0.501. The van der Waals surface area contributed by atoms with Gasteiger partial charge in [-0.3, -0.25) is 4.79 Å². The average molecular weight is 443 g/mol. The third kappa shape index (κ3) is 2.66. The summed E-state index contributed by atoms with van der Waals surface area (Å²) < 4.78 is 0. The van der Waals surface area contributed by atoms with Gasteiger partial charge in [0, 0.05) is 11.8 Å². The Hall–Kier alpha value is -0.370. The van der Waals surface area contributed by atoms with E-state index in [-0.39, 0.29) is 16.2 Å². The zero-order valence-corrected chi connectivity index (χ0v) is 22.3. The second kappa shape index (κ2) is 6.64. The Bertz CT molecular complexity index is 806. The molecule has 182 valence electrons. The summed E-state index contributed by atoms with van der Waals surface area (Å²) in [5.74, 6) is 3.50. The van der Waals surface area contributed by atoms with E-state index in [1.165, 1.54) is 51.4 Å². The van der Waals surface area contributed by atoms with Crippen molar-refractivity contribution in [3.8, 4) is 0 Å². The van der Waals surface area contributed by atoms with E-state index < -0.39 is 5.60 Å². The fraction of sp³-hybridized carbons (Fsp3) is 0.967. The summed E-state index contributed by atoms with van der Waals surface area (Å²) >= 11 is 0. The number of fused-ring (bicyclic) bond motifs is 7. The van der Waals surface area contributed by atoms with Crippen molar-refractivity contribution in [2.45, 2.75) is 125 Å². The van der Waals surface area contributed by atoms with Crippen molar-refractivity contribution in [3.63, 3.8) is 0 Å². The van der Waals surface area contributed by atoms with Crippen molar-refractivity contribution in [2.24, 2.45) is 56.7 Å². The monoisotopic (exact) mass is 442 g/mol. The first-order valence-corrected chi connectivity index (χ1v) is 13.9. The molecule has 0 aliphatic heterocycles. The maximum Gasteiger partial charge on any atom is 0.139 e. The van der Waals surface area contributed by atoms with Gasteiger partial charge in [-0.05, 0) is 123 Å². The van der Waals surface area contributed by atoms with E-state index in [1.807, 2.05) is 13.8 Å². The lowest BCUT2D eigenvalue weighted by atomic mass is 9.32. The van der Waals surface area contributed by atoms with Gasteiger partial charge in [0.25, 0.3) is 0 Å². The highest BCUT2D eigenvalue weighted by atomic mass is 16.3. The molecule has 0 bridgehead atoms. The molecule has 9 atom stereocenters. The van der Waals surface area contributed by atoms with Crippen molar-refractivity contribution in [2.75, 3.05) is 0 Å². The van der Waals surface area contributed by atoms with Crippen LogP contribution in [0.4, 0.5) is 0 Å². The van der Waals surface area contributed by atoms with Gasteiger partial charge in [-0.15, -0.1) is 0 Å². The standard InChI is InChI=1S/C30H50O2/c1-25(2)15-14-24(31)30(8)21(25)13-18-29(7)23(30)10-9-22-27(5)16-11-19(26(3,4)32)20(27)12-17-28(22,29)6/h19-23,32H,9-18H2,1-8H3. The van der Waals surface area contributed by atoms with E-state index >= 15 is 0 Å². The Labute approximate surface area is 197 Å². The Morgan fingerprint density at radius 3 is 2.00 bits per heavy atom. The third-order valence-electron chi connectivity index (χ3n) is 13.5. The maximum absolute atomic E-state index is 13.7. The lowest BCUT2D eigenvalue weighted by Crippen LogP contribution is -2.67. The Morgan fingerprint density at radius 2 is 1.34 bits per heavy atom. The van der Waals surface area contributed by atoms with Gasteiger partial charge in [-0.1, -0.05) is 41.5 Å². The van der Waals surface area contributed by atoms with E-state index in [4.69, 9.17) is 0 Å². The molecule has 0 amide bonds.